The van der Waals surface area contributed by atoms with Gasteiger partial charge in [0.2, 0.25) is 5.88 Å². The Morgan fingerprint density at radius 2 is 1.90 bits per heavy atom. The fourth-order valence-electron chi connectivity index (χ4n) is 2.28. The number of aldehydes is 1. The molecule has 0 atom stereocenters. The van der Waals surface area contributed by atoms with E-state index in [-0.39, 0.29) is 0 Å². The summed E-state index contributed by atoms with van der Waals surface area (Å²) in [4.78, 5) is 15.6. The first-order valence-electron chi connectivity index (χ1n) is 6.36. The zero-order chi connectivity index (χ0) is 14.1. The number of pyridine rings is 1. The summed E-state index contributed by atoms with van der Waals surface area (Å²) >= 11 is 0. The molecular weight excluding hydrogens is 252 g/mol. The number of fused-ring (bicyclic) bond motifs is 1. The van der Waals surface area contributed by atoms with Gasteiger partial charge in [0.25, 0.3) is 0 Å². The van der Waals surface area contributed by atoms with E-state index >= 15 is 0 Å². The summed E-state index contributed by atoms with van der Waals surface area (Å²) in [5.74, 6) is 1.02. The minimum atomic E-state index is 0.330. The average molecular weight is 266 g/mol. The Balaban J connectivity index is 2.08. The fourth-order valence-corrected chi connectivity index (χ4v) is 2.28. The summed E-state index contributed by atoms with van der Waals surface area (Å²) in [6, 6.07) is 11.5. The number of hydrogen-bond donors (Lipinski definition) is 0. The molecule has 3 aromatic rings. The third-order valence-corrected chi connectivity index (χ3v) is 3.05. The Morgan fingerprint density at radius 3 is 2.60 bits per heavy atom. The van der Waals surface area contributed by atoms with Crippen molar-refractivity contribution in [2.75, 3.05) is 0 Å². The van der Waals surface area contributed by atoms with Gasteiger partial charge < -0.3 is 4.74 Å². The summed E-state index contributed by atoms with van der Waals surface area (Å²) in [7, 11) is 0. The molecule has 0 amide bonds. The number of imidazole rings is 1. The van der Waals surface area contributed by atoms with Crippen LogP contribution in [-0.2, 0) is 0 Å². The molecule has 100 valence electrons. The number of hydrogen-bond acceptors (Lipinski definition) is 3. The van der Waals surface area contributed by atoms with Gasteiger partial charge in [-0.3, -0.25) is 9.20 Å². The van der Waals surface area contributed by atoms with Crippen LogP contribution < -0.4 is 4.74 Å². The van der Waals surface area contributed by atoms with Gasteiger partial charge in [0, 0.05) is 6.20 Å². The Hall–Kier alpha value is -2.62. The predicted octanol–water partition coefficient (Wildman–Crippen LogP) is 3.56. The molecule has 4 heteroatoms. The van der Waals surface area contributed by atoms with Crippen molar-refractivity contribution in [3.8, 4) is 11.6 Å². The highest BCUT2D eigenvalue weighted by Gasteiger charge is 2.13. The zero-order valence-electron chi connectivity index (χ0n) is 11.3. The van der Waals surface area contributed by atoms with Crippen molar-refractivity contribution in [2.24, 2.45) is 0 Å². The minimum absolute atomic E-state index is 0.330. The maximum atomic E-state index is 11.3. The van der Waals surface area contributed by atoms with E-state index in [0.29, 0.717) is 23.0 Å². The highest BCUT2D eigenvalue weighted by atomic mass is 16.5. The van der Waals surface area contributed by atoms with Gasteiger partial charge in [-0.05, 0) is 49.2 Å². The number of ether oxygens (including phenoxy) is 1. The van der Waals surface area contributed by atoms with Crippen molar-refractivity contribution in [1.29, 1.82) is 0 Å². The molecular formula is C16H14N2O2. The molecule has 0 unspecified atom stereocenters. The minimum Gasteiger partial charge on any atom is -0.437 e. The summed E-state index contributed by atoms with van der Waals surface area (Å²) in [6.07, 6.45) is 2.55. The standard InChI is InChI=1S/C16H14N2O2/c1-11-7-12(2)9-13(8-11)20-16-14(10-19)18-6-4-3-5-15(18)17-16/h3-10H,1-2H3. The lowest BCUT2D eigenvalue weighted by molar-refractivity contribution is 0.111. The highest BCUT2D eigenvalue weighted by molar-refractivity contribution is 5.78. The molecule has 1 aromatic carbocycles. The lowest BCUT2D eigenvalue weighted by Crippen LogP contribution is -1.93. The number of nitrogens with zero attached hydrogens (tertiary/aromatic N) is 2. The molecule has 4 nitrogen and oxygen atoms in total. The van der Waals surface area contributed by atoms with Crippen LogP contribution in [0.5, 0.6) is 11.6 Å². The Labute approximate surface area is 116 Å². The topological polar surface area (TPSA) is 43.6 Å². The largest absolute Gasteiger partial charge is 0.437 e. The van der Waals surface area contributed by atoms with Gasteiger partial charge in [0.15, 0.2) is 12.0 Å². The molecule has 0 fully saturated rings. The van der Waals surface area contributed by atoms with Gasteiger partial charge in [-0.15, -0.1) is 0 Å². The van der Waals surface area contributed by atoms with Gasteiger partial charge in [-0.1, -0.05) is 12.1 Å². The van der Waals surface area contributed by atoms with Gasteiger partial charge in [0.1, 0.15) is 11.4 Å². The number of carbonyl (C=O) groups is 1. The van der Waals surface area contributed by atoms with Crippen molar-refractivity contribution in [1.82, 2.24) is 9.38 Å². The molecule has 0 saturated heterocycles. The first-order valence-corrected chi connectivity index (χ1v) is 6.36. The van der Waals surface area contributed by atoms with E-state index in [0.717, 1.165) is 17.4 Å². The van der Waals surface area contributed by atoms with E-state index in [2.05, 4.69) is 11.1 Å². The van der Waals surface area contributed by atoms with Crippen molar-refractivity contribution < 1.29 is 9.53 Å². The van der Waals surface area contributed by atoms with Gasteiger partial charge >= 0.3 is 0 Å². The summed E-state index contributed by atoms with van der Waals surface area (Å²) < 4.78 is 7.50. The molecule has 0 bridgehead atoms. The van der Waals surface area contributed by atoms with E-state index in [1.165, 1.54) is 0 Å². The summed E-state index contributed by atoms with van der Waals surface area (Å²) in [5.41, 5.74) is 3.32. The molecule has 0 aliphatic rings. The van der Waals surface area contributed by atoms with Crippen LogP contribution in [0.1, 0.15) is 21.6 Å². The van der Waals surface area contributed by atoms with Crippen LogP contribution >= 0.6 is 0 Å². The highest BCUT2D eigenvalue weighted by Crippen LogP contribution is 2.26. The maximum absolute atomic E-state index is 11.3. The lowest BCUT2D eigenvalue weighted by atomic mass is 10.1. The molecule has 3 rings (SSSR count). The Bertz CT molecular complexity index is 770. The molecule has 0 radical (unpaired) electrons. The monoisotopic (exact) mass is 266 g/mol. The van der Waals surface area contributed by atoms with Crippen LogP contribution in [0.4, 0.5) is 0 Å². The zero-order valence-corrected chi connectivity index (χ0v) is 11.3. The Morgan fingerprint density at radius 1 is 1.15 bits per heavy atom. The van der Waals surface area contributed by atoms with E-state index in [9.17, 15) is 4.79 Å². The lowest BCUT2D eigenvalue weighted by Gasteiger charge is -2.05. The van der Waals surface area contributed by atoms with E-state index < -0.39 is 0 Å². The molecule has 0 N–H and O–H groups in total. The molecule has 0 aliphatic carbocycles. The molecule has 0 spiro atoms. The Kier molecular flexibility index (Phi) is 2.99. The van der Waals surface area contributed by atoms with Crippen molar-refractivity contribution in [3.05, 3.63) is 59.4 Å². The van der Waals surface area contributed by atoms with Gasteiger partial charge in [-0.2, -0.15) is 4.98 Å². The molecule has 2 heterocycles. The van der Waals surface area contributed by atoms with Gasteiger partial charge in [0.05, 0.1) is 0 Å². The van der Waals surface area contributed by atoms with Crippen LogP contribution in [-0.4, -0.2) is 15.7 Å². The first-order chi connectivity index (χ1) is 9.67. The number of rotatable bonds is 3. The van der Waals surface area contributed by atoms with Crippen LogP contribution in [0.3, 0.4) is 0 Å². The number of benzene rings is 1. The van der Waals surface area contributed by atoms with Crippen molar-refractivity contribution >= 4 is 11.9 Å². The molecule has 2 aromatic heterocycles. The second-order valence-corrected chi connectivity index (χ2v) is 4.77. The van der Waals surface area contributed by atoms with Crippen LogP contribution in [0, 0.1) is 13.8 Å². The van der Waals surface area contributed by atoms with Crippen LogP contribution in [0.2, 0.25) is 0 Å². The van der Waals surface area contributed by atoms with Crippen molar-refractivity contribution in [3.63, 3.8) is 0 Å². The second kappa shape index (κ2) is 4.81. The van der Waals surface area contributed by atoms with E-state index in [1.54, 1.807) is 10.6 Å². The summed E-state index contributed by atoms with van der Waals surface area (Å²) in [6.45, 7) is 4.01. The predicted molar refractivity (Wildman–Crippen MR) is 76.6 cm³/mol. The fraction of sp³-hybridized carbons (Fsp3) is 0.125. The molecule has 20 heavy (non-hydrogen) atoms. The second-order valence-electron chi connectivity index (χ2n) is 4.77. The number of aromatic nitrogens is 2. The van der Waals surface area contributed by atoms with Crippen molar-refractivity contribution in [2.45, 2.75) is 13.8 Å². The molecule has 0 saturated carbocycles. The smallest absolute Gasteiger partial charge is 0.249 e. The van der Waals surface area contributed by atoms with Crippen LogP contribution in [0.15, 0.2) is 42.6 Å². The quantitative estimate of drug-likeness (QED) is 0.681. The normalized spacial score (nSPS) is 10.7. The van der Waals surface area contributed by atoms with Crippen LogP contribution in [0.25, 0.3) is 5.65 Å². The number of aryl methyl sites for hydroxylation is 2. The first kappa shape index (κ1) is 12.4. The SMILES string of the molecule is Cc1cc(C)cc(Oc2nc3ccccn3c2C=O)c1. The average Bonchev–Trinajstić information content (AvgIpc) is 2.74. The van der Waals surface area contributed by atoms with E-state index in [4.69, 9.17) is 4.74 Å². The maximum Gasteiger partial charge on any atom is 0.249 e. The third-order valence-electron chi connectivity index (χ3n) is 3.05. The van der Waals surface area contributed by atoms with E-state index in [1.807, 2.05) is 44.2 Å². The summed E-state index contributed by atoms with van der Waals surface area (Å²) in [5, 5.41) is 0. The van der Waals surface area contributed by atoms with Gasteiger partial charge in [-0.25, -0.2) is 0 Å². The third kappa shape index (κ3) is 2.16. The number of carbonyl (C=O) groups excluding carboxylic acids is 1. The molecule has 0 aliphatic heterocycles.